The Labute approximate surface area is 125 Å². The van der Waals surface area contributed by atoms with Crippen LogP contribution in [0.1, 0.15) is 25.0 Å². The minimum atomic E-state index is 0.503. The van der Waals surface area contributed by atoms with Gasteiger partial charge in [0.1, 0.15) is 11.3 Å². The van der Waals surface area contributed by atoms with Gasteiger partial charge in [0.2, 0.25) is 0 Å². The first-order valence-electron chi connectivity index (χ1n) is 7.45. The van der Waals surface area contributed by atoms with Gasteiger partial charge in [0.05, 0.1) is 0 Å². The van der Waals surface area contributed by atoms with Gasteiger partial charge >= 0.3 is 0 Å². The Morgan fingerprint density at radius 2 is 1.81 bits per heavy atom. The fourth-order valence-electron chi connectivity index (χ4n) is 2.46. The number of aryl methyl sites for hydroxylation is 1. The summed E-state index contributed by atoms with van der Waals surface area (Å²) < 4.78 is 6.01. The molecule has 21 heavy (non-hydrogen) atoms. The fraction of sp³-hybridized carbons (Fsp3) is 0.263. The van der Waals surface area contributed by atoms with Crippen LogP contribution in [0.2, 0.25) is 0 Å². The van der Waals surface area contributed by atoms with Gasteiger partial charge in [-0.15, -0.1) is 0 Å². The Balaban J connectivity index is 1.87. The van der Waals surface area contributed by atoms with Crippen LogP contribution in [-0.2, 0) is 6.54 Å². The first-order chi connectivity index (χ1) is 10.1. The summed E-state index contributed by atoms with van der Waals surface area (Å²) in [6.45, 7) is 7.30. The van der Waals surface area contributed by atoms with Crippen LogP contribution >= 0.6 is 0 Å². The van der Waals surface area contributed by atoms with E-state index >= 15 is 0 Å². The number of hydrogen-bond donors (Lipinski definition) is 1. The molecule has 0 aliphatic carbocycles. The van der Waals surface area contributed by atoms with E-state index in [0.717, 1.165) is 28.8 Å². The number of rotatable bonds is 4. The van der Waals surface area contributed by atoms with Crippen molar-refractivity contribution in [2.45, 2.75) is 33.4 Å². The zero-order chi connectivity index (χ0) is 14.8. The smallest absolute Gasteiger partial charge is 0.137 e. The monoisotopic (exact) mass is 279 g/mol. The number of hydrogen-bond acceptors (Lipinski definition) is 2. The summed E-state index contributed by atoms with van der Waals surface area (Å²) in [6, 6.07) is 17.4. The lowest BCUT2D eigenvalue weighted by Gasteiger charge is -2.08. The normalized spacial score (nSPS) is 11.4. The van der Waals surface area contributed by atoms with E-state index in [2.05, 4.69) is 74.6 Å². The first kappa shape index (κ1) is 13.9. The Kier molecular flexibility index (Phi) is 3.80. The molecule has 1 aromatic heterocycles. The van der Waals surface area contributed by atoms with E-state index in [0.29, 0.717) is 6.04 Å². The van der Waals surface area contributed by atoms with Gasteiger partial charge in [0, 0.05) is 23.5 Å². The Morgan fingerprint density at radius 1 is 1.05 bits per heavy atom. The predicted molar refractivity (Wildman–Crippen MR) is 88.4 cm³/mol. The molecule has 0 saturated carbocycles. The van der Waals surface area contributed by atoms with Crippen LogP contribution in [0.3, 0.4) is 0 Å². The maximum Gasteiger partial charge on any atom is 0.137 e. The second kappa shape index (κ2) is 5.74. The summed E-state index contributed by atoms with van der Waals surface area (Å²) in [6.07, 6.45) is 0. The molecule has 1 N–H and O–H groups in total. The quantitative estimate of drug-likeness (QED) is 0.734. The highest BCUT2D eigenvalue weighted by atomic mass is 16.3. The van der Waals surface area contributed by atoms with Gasteiger partial charge in [0.25, 0.3) is 0 Å². The zero-order valence-electron chi connectivity index (χ0n) is 12.8. The molecule has 3 rings (SSSR count). The molecular formula is C19H21NO. The molecule has 0 unspecified atom stereocenters. The molecule has 0 aliphatic rings. The van der Waals surface area contributed by atoms with Gasteiger partial charge < -0.3 is 9.73 Å². The van der Waals surface area contributed by atoms with Gasteiger partial charge in [-0.25, -0.2) is 0 Å². The van der Waals surface area contributed by atoms with Crippen molar-refractivity contribution in [3.05, 3.63) is 59.7 Å². The largest absolute Gasteiger partial charge is 0.456 e. The van der Waals surface area contributed by atoms with Crippen LogP contribution in [0.15, 0.2) is 52.9 Å². The summed E-state index contributed by atoms with van der Waals surface area (Å²) in [5, 5.41) is 4.59. The Hall–Kier alpha value is -2.06. The van der Waals surface area contributed by atoms with E-state index in [4.69, 9.17) is 4.42 Å². The average Bonchev–Trinajstić information content (AvgIpc) is 2.91. The van der Waals surface area contributed by atoms with Crippen LogP contribution in [0.5, 0.6) is 0 Å². The van der Waals surface area contributed by atoms with E-state index in [1.807, 2.05) is 0 Å². The molecule has 3 aromatic rings. The van der Waals surface area contributed by atoms with E-state index in [9.17, 15) is 0 Å². The maximum atomic E-state index is 6.01. The van der Waals surface area contributed by atoms with Crippen molar-refractivity contribution in [1.82, 2.24) is 5.32 Å². The van der Waals surface area contributed by atoms with Gasteiger partial charge in [-0.2, -0.15) is 0 Å². The third kappa shape index (κ3) is 3.01. The van der Waals surface area contributed by atoms with E-state index in [1.54, 1.807) is 0 Å². The summed E-state index contributed by atoms with van der Waals surface area (Å²) in [5.74, 6) is 0.933. The lowest BCUT2D eigenvalue weighted by molar-refractivity contribution is 0.589. The molecule has 2 nitrogen and oxygen atoms in total. The standard InChI is InChI=1S/C19H21NO/c1-13(2)20-12-15-7-9-16(10-8-15)18-11-17-6-4-5-14(3)19(17)21-18/h4-11,13,20H,12H2,1-3H3. The molecule has 0 radical (unpaired) electrons. The predicted octanol–water partition coefficient (Wildman–Crippen LogP) is 4.91. The molecule has 0 bridgehead atoms. The van der Waals surface area contributed by atoms with Crippen molar-refractivity contribution in [2.75, 3.05) is 0 Å². The van der Waals surface area contributed by atoms with E-state index < -0.39 is 0 Å². The summed E-state index contributed by atoms with van der Waals surface area (Å²) >= 11 is 0. The molecule has 0 spiro atoms. The molecule has 2 aromatic carbocycles. The lowest BCUT2D eigenvalue weighted by atomic mass is 10.1. The molecule has 1 heterocycles. The van der Waals surface area contributed by atoms with Gasteiger partial charge in [0.15, 0.2) is 0 Å². The minimum Gasteiger partial charge on any atom is -0.456 e. The van der Waals surface area contributed by atoms with Gasteiger partial charge in [-0.1, -0.05) is 56.3 Å². The summed E-state index contributed by atoms with van der Waals surface area (Å²) in [5.41, 5.74) is 4.58. The van der Waals surface area contributed by atoms with Crippen molar-refractivity contribution < 1.29 is 4.42 Å². The zero-order valence-corrected chi connectivity index (χ0v) is 12.8. The van der Waals surface area contributed by atoms with Crippen LogP contribution < -0.4 is 5.32 Å². The lowest BCUT2D eigenvalue weighted by Crippen LogP contribution is -2.21. The molecule has 0 aliphatic heterocycles. The fourth-order valence-corrected chi connectivity index (χ4v) is 2.46. The third-order valence-corrected chi connectivity index (χ3v) is 3.69. The highest BCUT2D eigenvalue weighted by Gasteiger charge is 2.07. The van der Waals surface area contributed by atoms with Crippen LogP contribution in [-0.4, -0.2) is 6.04 Å². The third-order valence-electron chi connectivity index (χ3n) is 3.69. The van der Waals surface area contributed by atoms with Crippen molar-refractivity contribution in [3.8, 4) is 11.3 Å². The topological polar surface area (TPSA) is 25.2 Å². The van der Waals surface area contributed by atoms with Gasteiger partial charge in [-0.05, 0) is 24.1 Å². The highest BCUT2D eigenvalue weighted by molar-refractivity contribution is 5.85. The molecular weight excluding hydrogens is 258 g/mol. The molecule has 2 heteroatoms. The second-order valence-electron chi connectivity index (χ2n) is 5.84. The SMILES string of the molecule is Cc1cccc2cc(-c3ccc(CNC(C)C)cc3)oc12. The Bertz CT molecular complexity index is 738. The molecule has 108 valence electrons. The van der Waals surface area contributed by atoms with Crippen LogP contribution in [0.4, 0.5) is 0 Å². The highest BCUT2D eigenvalue weighted by Crippen LogP contribution is 2.29. The second-order valence-corrected chi connectivity index (χ2v) is 5.84. The van der Waals surface area contributed by atoms with Crippen molar-refractivity contribution in [2.24, 2.45) is 0 Å². The van der Waals surface area contributed by atoms with Crippen LogP contribution in [0.25, 0.3) is 22.3 Å². The van der Waals surface area contributed by atoms with Crippen molar-refractivity contribution >= 4 is 11.0 Å². The maximum absolute atomic E-state index is 6.01. The summed E-state index contributed by atoms with van der Waals surface area (Å²) in [7, 11) is 0. The molecule has 0 saturated heterocycles. The first-order valence-corrected chi connectivity index (χ1v) is 7.45. The number of fused-ring (bicyclic) bond motifs is 1. The molecule has 0 fully saturated rings. The molecule has 0 atom stereocenters. The van der Waals surface area contributed by atoms with Crippen molar-refractivity contribution in [3.63, 3.8) is 0 Å². The molecule has 0 amide bonds. The van der Waals surface area contributed by atoms with Gasteiger partial charge in [-0.3, -0.25) is 0 Å². The van der Waals surface area contributed by atoms with E-state index in [1.165, 1.54) is 11.1 Å². The number of furan rings is 1. The number of para-hydroxylation sites is 1. The Morgan fingerprint density at radius 3 is 2.48 bits per heavy atom. The summed E-state index contributed by atoms with van der Waals surface area (Å²) in [4.78, 5) is 0. The van der Waals surface area contributed by atoms with E-state index in [-0.39, 0.29) is 0 Å². The minimum absolute atomic E-state index is 0.503. The number of benzene rings is 2. The number of nitrogens with one attached hydrogen (secondary N) is 1. The van der Waals surface area contributed by atoms with Crippen molar-refractivity contribution in [1.29, 1.82) is 0 Å². The average molecular weight is 279 g/mol. The van der Waals surface area contributed by atoms with Crippen LogP contribution in [0, 0.1) is 6.92 Å².